The van der Waals surface area contributed by atoms with E-state index in [2.05, 4.69) is 19.1 Å². The van der Waals surface area contributed by atoms with Crippen molar-refractivity contribution in [3.05, 3.63) is 29.8 Å². The first-order valence-electron chi connectivity index (χ1n) is 5.36. The first-order valence-corrected chi connectivity index (χ1v) is 7.58. The van der Waals surface area contributed by atoms with Gasteiger partial charge in [-0.2, -0.15) is 0 Å². The Morgan fingerprint density at radius 3 is 2.87 bits per heavy atom. The number of hydrogen-bond acceptors (Lipinski definition) is 1. The fourth-order valence-corrected chi connectivity index (χ4v) is 2.15. The molecule has 0 heterocycles. The lowest BCUT2D eigenvalue weighted by Gasteiger charge is -2.06. The molecule has 0 aliphatic heterocycles. The SMILES string of the molecule is Cc1cccc(OCCCCCPCl)c1. The number of halogens is 1. The Morgan fingerprint density at radius 1 is 1.27 bits per heavy atom. The second-order valence-electron chi connectivity index (χ2n) is 3.61. The standard InChI is InChI=1S/C12H18ClOP/c1-11-6-5-7-12(10-11)14-8-3-2-4-9-15-13/h5-7,10,15H,2-4,8-9H2,1H3. The summed E-state index contributed by atoms with van der Waals surface area (Å²) >= 11 is 5.62. The van der Waals surface area contributed by atoms with E-state index in [9.17, 15) is 0 Å². The topological polar surface area (TPSA) is 9.23 Å². The maximum atomic E-state index is 5.64. The summed E-state index contributed by atoms with van der Waals surface area (Å²) in [6.07, 6.45) is 4.70. The van der Waals surface area contributed by atoms with Gasteiger partial charge in [0, 0.05) is 0 Å². The fraction of sp³-hybridized carbons (Fsp3) is 0.500. The second-order valence-corrected chi connectivity index (χ2v) is 5.18. The number of benzene rings is 1. The normalized spacial score (nSPS) is 11.1. The maximum Gasteiger partial charge on any atom is 0.119 e. The molecule has 0 radical (unpaired) electrons. The Hall–Kier alpha value is -0.260. The molecule has 1 aromatic carbocycles. The highest BCUT2D eigenvalue weighted by Crippen LogP contribution is 2.18. The first kappa shape index (κ1) is 12.8. The molecule has 3 heteroatoms. The summed E-state index contributed by atoms with van der Waals surface area (Å²) in [6.45, 7) is 2.89. The molecule has 15 heavy (non-hydrogen) atoms. The third-order valence-electron chi connectivity index (χ3n) is 2.17. The van der Waals surface area contributed by atoms with Crippen molar-refractivity contribution in [2.24, 2.45) is 0 Å². The summed E-state index contributed by atoms with van der Waals surface area (Å²) in [5.74, 6) is 0.981. The molecule has 0 saturated carbocycles. The van der Waals surface area contributed by atoms with Crippen LogP contribution in [-0.4, -0.2) is 12.8 Å². The first-order chi connectivity index (χ1) is 7.33. The molecule has 0 saturated heterocycles. The third kappa shape index (κ3) is 6.02. The van der Waals surface area contributed by atoms with E-state index in [1.54, 1.807) is 0 Å². The average Bonchev–Trinajstić information content (AvgIpc) is 2.23. The van der Waals surface area contributed by atoms with E-state index in [1.807, 2.05) is 12.1 Å². The molecule has 1 atom stereocenters. The lowest BCUT2D eigenvalue weighted by molar-refractivity contribution is 0.306. The van der Waals surface area contributed by atoms with Gasteiger partial charge in [-0.1, -0.05) is 12.1 Å². The highest BCUT2D eigenvalue weighted by atomic mass is 35.7. The van der Waals surface area contributed by atoms with Crippen molar-refractivity contribution in [3.8, 4) is 5.75 Å². The van der Waals surface area contributed by atoms with Crippen molar-refractivity contribution in [1.29, 1.82) is 0 Å². The van der Waals surface area contributed by atoms with Gasteiger partial charge in [-0.25, -0.2) is 0 Å². The lowest BCUT2D eigenvalue weighted by Crippen LogP contribution is -1.97. The van der Waals surface area contributed by atoms with E-state index < -0.39 is 0 Å². The number of aryl methyl sites for hydroxylation is 1. The molecule has 0 fully saturated rings. The maximum absolute atomic E-state index is 5.64. The van der Waals surface area contributed by atoms with E-state index in [-0.39, 0.29) is 0 Å². The highest BCUT2D eigenvalue weighted by Gasteiger charge is 1.94. The Bertz CT molecular complexity index is 278. The van der Waals surface area contributed by atoms with Crippen LogP contribution in [-0.2, 0) is 0 Å². The molecule has 1 unspecified atom stereocenters. The molecule has 0 spiro atoms. The average molecular weight is 245 g/mol. The van der Waals surface area contributed by atoms with Crippen molar-refractivity contribution in [1.82, 2.24) is 0 Å². The molecule has 0 aliphatic carbocycles. The molecular weight excluding hydrogens is 227 g/mol. The molecule has 0 N–H and O–H groups in total. The van der Waals surface area contributed by atoms with Crippen LogP contribution in [0.5, 0.6) is 5.75 Å². The zero-order valence-electron chi connectivity index (χ0n) is 9.13. The lowest BCUT2D eigenvalue weighted by atomic mass is 10.2. The van der Waals surface area contributed by atoms with E-state index in [1.165, 1.54) is 18.4 Å². The monoisotopic (exact) mass is 244 g/mol. The van der Waals surface area contributed by atoms with E-state index >= 15 is 0 Å². The van der Waals surface area contributed by atoms with Gasteiger partial charge in [-0.05, 0) is 58.0 Å². The minimum atomic E-state index is 0.572. The second kappa shape index (κ2) is 7.96. The van der Waals surface area contributed by atoms with Gasteiger partial charge >= 0.3 is 0 Å². The van der Waals surface area contributed by atoms with Crippen LogP contribution in [0.25, 0.3) is 0 Å². The summed E-state index contributed by atoms with van der Waals surface area (Å²) in [4.78, 5) is 0. The summed E-state index contributed by atoms with van der Waals surface area (Å²) in [7, 11) is 0.572. The van der Waals surface area contributed by atoms with E-state index in [4.69, 9.17) is 16.0 Å². The zero-order chi connectivity index (χ0) is 10.9. The molecule has 1 rings (SSSR count). The Labute approximate surface area is 98.7 Å². The van der Waals surface area contributed by atoms with Crippen LogP contribution in [0.4, 0.5) is 0 Å². The molecule has 0 amide bonds. The van der Waals surface area contributed by atoms with Crippen LogP contribution in [0, 0.1) is 6.92 Å². The Kier molecular flexibility index (Phi) is 6.80. The molecule has 0 aromatic heterocycles. The number of rotatable bonds is 7. The third-order valence-corrected chi connectivity index (χ3v) is 3.28. The van der Waals surface area contributed by atoms with Crippen LogP contribution in [0.3, 0.4) is 0 Å². The van der Waals surface area contributed by atoms with Crippen LogP contribution >= 0.6 is 19.2 Å². The summed E-state index contributed by atoms with van der Waals surface area (Å²) in [5, 5.41) is 0. The fourth-order valence-electron chi connectivity index (χ4n) is 1.37. The van der Waals surface area contributed by atoms with Gasteiger partial charge in [0.05, 0.1) is 6.61 Å². The molecule has 84 valence electrons. The van der Waals surface area contributed by atoms with Gasteiger partial charge in [0.2, 0.25) is 0 Å². The number of ether oxygens (including phenoxy) is 1. The Morgan fingerprint density at radius 2 is 2.13 bits per heavy atom. The highest BCUT2D eigenvalue weighted by molar-refractivity contribution is 7.68. The van der Waals surface area contributed by atoms with Crippen LogP contribution in [0.15, 0.2) is 24.3 Å². The van der Waals surface area contributed by atoms with Gasteiger partial charge in [0.15, 0.2) is 0 Å². The van der Waals surface area contributed by atoms with Crippen molar-refractivity contribution >= 4 is 19.2 Å². The zero-order valence-corrected chi connectivity index (χ0v) is 10.9. The molecule has 1 nitrogen and oxygen atoms in total. The molecular formula is C12H18ClOP. The minimum absolute atomic E-state index is 0.572. The van der Waals surface area contributed by atoms with Gasteiger partial charge in [-0.15, -0.1) is 11.2 Å². The van der Waals surface area contributed by atoms with Crippen LogP contribution in [0.1, 0.15) is 24.8 Å². The predicted octanol–water partition coefficient (Wildman–Crippen LogP) is 4.38. The minimum Gasteiger partial charge on any atom is -0.494 e. The van der Waals surface area contributed by atoms with Crippen molar-refractivity contribution in [2.45, 2.75) is 26.2 Å². The van der Waals surface area contributed by atoms with Gasteiger partial charge in [-0.3, -0.25) is 0 Å². The number of unbranched alkanes of at least 4 members (excludes halogenated alkanes) is 2. The van der Waals surface area contributed by atoms with Gasteiger partial charge in [0.25, 0.3) is 0 Å². The van der Waals surface area contributed by atoms with E-state index in [0.29, 0.717) is 7.93 Å². The van der Waals surface area contributed by atoms with Crippen LogP contribution in [0.2, 0.25) is 0 Å². The van der Waals surface area contributed by atoms with Gasteiger partial charge < -0.3 is 4.74 Å². The van der Waals surface area contributed by atoms with Crippen molar-refractivity contribution in [2.75, 3.05) is 12.8 Å². The predicted molar refractivity (Wildman–Crippen MR) is 69.6 cm³/mol. The summed E-state index contributed by atoms with van der Waals surface area (Å²) in [5.41, 5.74) is 1.25. The smallest absolute Gasteiger partial charge is 0.119 e. The summed E-state index contributed by atoms with van der Waals surface area (Å²) in [6, 6.07) is 8.18. The quantitative estimate of drug-likeness (QED) is 0.511. The van der Waals surface area contributed by atoms with Crippen molar-refractivity contribution in [3.63, 3.8) is 0 Å². The summed E-state index contributed by atoms with van der Waals surface area (Å²) < 4.78 is 5.64. The molecule has 0 aliphatic rings. The van der Waals surface area contributed by atoms with Crippen molar-refractivity contribution < 1.29 is 4.74 Å². The number of hydrogen-bond donors (Lipinski definition) is 0. The Balaban J connectivity index is 2.10. The molecule has 0 bridgehead atoms. The molecule has 1 aromatic rings. The largest absolute Gasteiger partial charge is 0.494 e. The van der Waals surface area contributed by atoms with E-state index in [0.717, 1.165) is 24.9 Å². The van der Waals surface area contributed by atoms with Crippen LogP contribution < -0.4 is 4.74 Å². The van der Waals surface area contributed by atoms with Gasteiger partial charge in [0.1, 0.15) is 5.75 Å².